The van der Waals surface area contributed by atoms with Crippen LogP contribution < -0.4 is 15.8 Å². The number of rotatable bonds is 3. The van der Waals surface area contributed by atoms with E-state index in [2.05, 4.69) is 5.32 Å². The van der Waals surface area contributed by atoms with Gasteiger partial charge in [0.05, 0.1) is 30.2 Å². The normalized spacial score (nSPS) is 20.2. The Kier molecular flexibility index (Phi) is 3.48. The van der Waals surface area contributed by atoms with Crippen LogP contribution >= 0.6 is 0 Å². The maximum atomic E-state index is 12.0. The number of nitrogen functional groups attached to an aromatic ring is 1. The van der Waals surface area contributed by atoms with Gasteiger partial charge in [-0.25, -0.2) is 8.42 Å². The molecule has 7 heteroatoms. The number of carbonyl (C=O) groups is 1. The van der Waals surface area contributed by atoms with Crippen LogP contribution in [0.3, 0.4) is 0 Å². The van der Waals surface area contributed by atoms with Crippen LogP contribution in [-0.2, 0) is 9.84 Å². The number of para-hydroxylation sites is 1. The van der Waals surface area contributed by atoms with Crippen molar-refractivity contribution in [3.05, 3.63) is 35.2 Å². The van der Waals surface area contributed by atoms with E-state index in [9.17, 15) is 13.2 Å². The van der Waals surface area contributed by atoms with Gasteiger partial charge in [0.2, 0.25) is 0 Å². The number of anilines is 1. The van der Waals surface area contributed by atoms with E-state index in [0.717, 1.165) is 5.41 Å². The Labute approximate surface area is 111 Å². The molecule has 0 saturated heterocycles. The van der Waals surface area contributed by atoms with Gasteiger partial charge >= 0.3 is 0 Å². The highest BCUT2D eigenvalue weighted by molar-refractivity contribution is 7.94. The molecule has 0 bridgehead atoms. The van der Waals surface area contributed by atoms with Crippen molar-refractivity contribution < 1.29 is 17.9 Å². The van der Waals surface area contributed by atoms with Crippen LogP contribution in [-0.4, -0.2) is 33.2 Å². The smallest absolute Gasteiger partial charge is 0.254 e. The van der Waals surface area contributed by atoms with Crippen molar-refractivity contribution in [2.75, 3.05) is 18.6 Å². The highest BCUT2D eigenvalue weighted by atomic mass is 32.2. The minimum absolute atomic E-state index is 0.122. The summed E-state index contributed by atoms with van der Waals surface area (Å²) >= 11 is 0. The first-order valence-electron chi connectivity index (χ1n) is 5.57. The first kappa shape index (κ1) is 13.4. The predicted octanol–water partition coefficient (Wildman–Crippen LogP) is 0.318. The Morgan fingerprint density at radius 1 is 1.47 bits per heavy atom. The molecule has 1 aliphatic rings. The van der Waals surface area contributed by atoms with Crippen molar-refractivity contribution in [1.82, 2.24) is 5.32 Å². The summed E-state index contributed by atoms with van der Waals surface area (Å²) in [7, 11) is -1.74. The summed E-state index contributed by atoms with van der Waals surface area (Å²) in [6, 6.07) is 4.32. The van der Waals surface area contributed by atoms with E-state index >= 15 is 0 Å². The van der Waals surface area contributed by atoms with E-state index in [0.29, 0.717) is 5.75 Å². The third kappa shape index (κ3) is 2.87. The summed E-state index contributed by atoms with van der Waals surface area (Å²) in [5.41, 5.74) is 6.29. The topological polar surface area (TPSA) is 98.5 Å². The van der Waals surface area contributed by atoms with Gasteiger partial charge in [-0.1, -0.05) is 6.07 Å². The molecule has 0 aromatic heterocycles. The second-order valence-electron chi connectivity index (χ2n) is 4.16. The van der Waals surface area contributed by atoms with Crippen molar-refractivity contribution in [3.63, 3.8) is 0 Å². The molecule has 0 spiro atoms. The van der Waals surface area contributed by atoms with Gasteiger partial charge in [0, 0.05) is 5.41 Å². The van der Waals surface area contributed by atoms with Gasteiger partial charge in [-0.3, -0.25) is 4.79 Å². The summed E-state index contributed by atoms with van der Waals surface area (Å²) < 4.78 is 27.5. The average molecular weight is 282 g/mol. The molecule has 19 heavy (non-hydrogen) atoms. The lowest BCUT2D eigenvalue weighted by molar-refractivity contribution is 0.0948. The first-order valence-corrected chi connectivity index (χ1v) is 7.29. The fourth-order valence-electron chi connectivity index (χ4n) is 1.83. The minimum atomic E-state index is -3.20. The van der Waals surface area contributed by atoms with Crippen molar-refractivity contribution >= 4 is 21.4 Å². The summed E-state index contributed by atoms with van der Waals surface area (Å²) in [4.78, 5) is 12.0. The quantitative estimate of drug-likeness (QED) is 0.778. The molecule has 1 amide bonds. The Morgan fingerprint density at radius 2 is 2.21 bits per heavy atom. The number of nitrogens with one attached hydrogen (secondary N) is 1. The average Bonchev–Trinajstić information content (AvgIpc) is 2.68. The number of amides is 1. The standard InChI is InChI=1S/C12H14N2O4S/c1-18-10-4-2-3-9(11(10)13)12(15)14-8-5-6-19(16,17)7-8/h2-6,8H,7,13H2,1H3,(H,14,15). The number of ether oxygens (including phenoxy) is 1. The molecule has 1 aromatic carbocycles. The van der Waals surface area contributed by atoms with Gasteiger partial charge in [0.1, 0.15) is 5.75 Å². The number of nitrogens with two attached hydrogens (primary N) is 1. The number of sulfone groups is 1. The molecule has 0 aliphatic carbocycles. The molecule has 3 N–H and O–H groups in total. The summed E-state index contributed by atoms with van der Waals surface area (Å²) in [6.45, 7) is 0. The Morgan fingerprint density at radius 3 is 2.79 bits per heavy atom. The van der Waals surface area contributed by atoms with E-state index in [1.807, 2.05) is 0 Å². The lowest BCUT2D eigenvalue weighted by atomic mass is 10.1. The third-order valence-corrected chi connectivity index (χ3v) is 4.17. The van der Waals surface area contributed by atoms with Gasteiger partial charge in [-0.15, -0.1) is 0 Å². The van der Waals surface area contributed by atoms with Gasteiger partial charge in [-0.2, -0.15) is 0 Å². The zero-order valence-electron chi connectivity index (χ0n) is 10.3. The molecule has 0 radical (unpaired) electrons. The molecule has 1 atom stereocenters. The van der Waals surface area contributed by atoms with Crippen LogP contribution in [0.25, 0.3) is 0 Å². The van der Waals surface area contributed by atoms with Crippen molar-refractivity contribution in [2.24, 2.45) is 0 Å². The van der Waals surface area contributed by atoms with E-state index in [4.69, 9.17) is 10.5 Å². The van der Waals surface area contributed by atoms with Crippen LogP contribution in [0.15, 0.2) is 29.7 Å². The molecule has 1 aliphatic heterocycles. The lowest BCUT2D eigenvalue weighted by Crippen LogP contribution is -2.35. The lowest BCUT2D eigenvalue weighted by Gasteiger charge is -2.13. The number of hydrogen-bond acceptors (Lipinski definition) is 5. The van der Waals surface area contributed by atoms with Gasteiger partial charge in [-0.05, 0) is 18.2 Å². The van der Waals surface area contributed by atoms with E-state index in [-0.39, 0.29) is 17.0 Å². The molecule has 0 fully saturated rings. The largest absolute Gasteiger partial charge is 0.495 e. The molecule has 102 valence electrons. The fraction of sp³-hybridized carbons (Fsp3) is 0.250. The zero-order valence-corrected chi connectivity index (χ0v) is 11.1. The van der Waals surface area contributed by atoms with Crippen molar-refractivity contribution in [3.8, 4) is 5.75 Å². The van der Waals surface area contributed by atoms with Crippen molar-refractivity contribution in [2.45, 2.75) is 6.04 Å². The molecule has 1 unspecified atom stereocenters. The monoisotopic (exact) mass is 282 g/mol. The number of carbonyl (C=O) groups excluding carboxylic acids is 1. The maximum Gasteiger partial charge on any atom is 0.254 e. The number of benzene rings is 1. The van der Waals surface area contributed by atoms with Gasteiger partial charge in [0.15, 0.2) is 9.84 Å². The Bertz CT molecular complexity index is 637. The number of methoxy groups -OCH3 is 1. The van der Waals surface area contributed by atoms with Crippen molar-refractivity contribution in [1.29, 1.82) is 0 Å². The van der Waals surface area contributed by atoms with Gasteiger partial charge in [0.25, 0.3) is 5.91 Å². The Hall–Kier alpha value is -2.02. The second-order valence-corrected chi connectivity index (χ2v) is 6.09. The molecule has 1 heterocycles. The highest BCUT2D eigenvalue weighted by Crippen LogP contribution is 2.24. The highest BCUT2D eigenvalue weighted by Gasteiger charge is 2.24. The SMILES string of the molecule is COc1cccc(C(=O)NC2C=CS(=O)(=O)C2)c1N. The van der Waals surface area contributed by atoms with E-state index < -0.39 is 21.8 Å². The van der Waals surface area contributed by atoms with Crippen LogP contribution in [0.5, 0.6) is 5.75 Å². The Balaban J connectivity index is 2.16. The van der Waals surface area contributed by atoms with Gasteiger partial charge < -0.3 is 15.8 Å². The second kappa shape index (κ2) is 4.93. The fourth-order valence-corrected chi connectivity index (χ4v) is 3.07. The third-order valence-electron chi connectivity index (χ3n) is 2.78. The number of hydrogen-bond donors (Lipinski definition) is 2. The summed E-state index contributed by atoms with van der Waals surface area (Å²) in [5.74, 6) is -0.145. The van der Waals surface area contributed by atoms with Crippen LogP contribution in [0.2, 0.25) is 0 Å². The van der Waals surface area contributed by atoms with E-state index in [1.54, 1.807) is 18.2 Å². The molecule has 0 saturated carbocycles. The van der Waals surface area contributed by atoms with E-state index in [1.165, 1.54) is 13.2 Å². The minimum Gasteiger partial charge on any atom is -0.495 e. The van der Waals surface area contributed by atoms with Crippen LogP contribution in [0.4, 0.5) is 5.69 Å². The molecular weight excluding hydrogens is 268 g/mol. The summed E-state index contributed by atoms with van der Waals surface area (Å²) in [6.07, 6.45) is 1.45. The van der Waals surface area contributed by atoms with Crippen LogP contribution in [0.1, 0.15) is 10.4 Å². The molecular formula is C12H14N2O4S. The predicted molar refractivity (Wildman–Crippen MR) is 71.6 cm³/mol. The zero-order chi connectivity index (χ0) is 14.0. The van der Waals surface area contributed by atoms with Crippen LogP contribution in [0, 0.1) is 0 Å². The molecule has 2 rings (SSSR count). The summed E-state index contributed by atoms with van der Waals surface area (Å²) in [5, 5.41) is 3.71. The first-order chi connectivity index (χ1) is 8.93. The maximum absolute atomic E-state index is 12.0. The molecule has 1 aromatic rings. The molecule has 6 nitrogen and oxygen atoms in total.